The minimum absolute atomic E-state index is 0.0511. The molecule has 21 heavy (non-hydrogen) atoms. The Kier molecular flexibility index (Phi) is 3.29. The highest BCUT2D eigenvalue weighted by atomic mass is 19.4. The Morgan fingerprint density at radius 1 is 1.00 bits per heavy atom. The van der Waals surface area contributed by atoms with Crippen LogP contribution in [0.1, 0.15) is 11.1 Å². The van der Waals surface area contributed by atoms with Crippen LogP contribution in [0.15, 0.2) is 48.5 Å². The summed E-state index contributed by atoms with van der Waals surface area (Å²) in [5.41, 5.74) is 1.16. The van der Waals surface area contributed by atoms with E-state index in [4.69, 9.17) is 0 Å². The molecule has 0 atom stereocenters. The van der Waals surface area contributed by atoms with Gasteiger partial charge in [-0.1, -0.05) is 30.3 Å². The van der Waals surface area contributed by atoms with E-state index in [1.54, 1.807) is 6.07 Å². The van der Waals surface area contributed by atoms with Crippen LogP contribution in [0.3, 0.4) is 0 Å². The van der Waals surface area contributed by atoms with Gasteiger partial charge < -0.3 is 10.3 Å². The third-order valence-corrected chi connectivity index (χ3v) is 3.16. The lowest BCUT2D eigenvalue weighted by atomic mass is 10.1. The van der Waals surface area contributed by atoms with Crippen LogP contribution in [-0.4, -0.2) is 9.97 Å². The van der Waals surface area contributed by atoms with Gasteiger partial charge in [0, 0.05) is 6.54 Å². The molecule has 0 aliphatic carbocycles. The summed E-state index contributed by atoms with van der Waals surface area (Å²) >= 11 is 0. The summed E-state index contributed by atoms with van der Waals surface area (Å²) < 4.78 is 38.7. The van der Waals surface area contributed by atoms with Crippen molar-refractivity contribution < 1.29 is 13.2 Å². The van der Waals surface area contributed by atoms with Crippen LogP contribution < -0.4 is 5.32 Å². The summed E-state index contributed by atoms with van der Waals surface area (Å²) in [6.07, 6.45) is -4.36. The minimum Gasteiger partial charge on any atom is -0.352 e. The summed E-state index contributed by atoms with van der Waals surface area (Å²) in [5, 5.41) is 2.90. The van der Waals surface area contributed by atoms with E-state index < -0.39 is 11.7 Å². The molecule has 2 N–H and O–H groups in total. The summed E-state index contributed by atoms with van der Waals surface area (Å²) in [6, 6.07) is 12.9. The number of nitrogens with zero attached hydrogens (tertiary/aromatic N) is 1. The maximum atomic E-state index is 12.9. The van der Waals surface area contributed by atoms with Gasteiger partial charge in [0.2, 0.25) is 5.95 Å². The molecular weight excluding hydrogens is 279 g/mol. The van der Waals surface area contributed by atoms with Crippen LogP contribution in [0.5, 0.6) is 0 Å². The van der Waals surface area contributed by atoms with Crippen molar-refractivity contribution in [3.63, 3.8) is 0 Å². The molecule has 3 aromatic rings. The molecule has 0 saturated carbocycles. The number of aromatic amines is 1. The van der Waals surface area contributed by atoms with Crippen molar-refractivity contribution in [3.8, 4) is 0 Å². The van der Waals surface area contributed by atoms with Crippen LogP contribution >= 0.6 is 0 Å². The van der Waals surface area contributed by atoms with Crippen molar-refractivity contribution in [1.82, 2.24) is 9.97 Å². The Morgan fingerprint density at radius 2 is 1.71 bits per heavy atom. The molecule has 3 nitrogen and oxygen atoms in total. The zero-order chi connectivity index (χ0) is 14.9. The van der Waals surface area contributed by atoms with E-state index in [0.717, 1.165) is 17.1 Å². The lowest BCUT2D eigenvalue weighted by molar-refractivity contribution is -0.138. The largest absolute Gasteiger partial charge is 0.416 e. The van der Waals surface area contributed by atoms with Gasteiger partial charge >= 0.3 is 6.18 Å². The molecule has 0 spiro atoms. The molecule has 0 aliphatic rings. The zero-order valence-corrected chi connectivity index (χ0v) is 10.9. The van der Waals surface area contributed by atoms with Gasteiger partial charge in [-0.2, -0.15) is 13.2 Å². The number of anilines is 1. The highest BCUT2D eigenvalue weighted by molar-refractivity contribution is 5.77. The predicted molar refractivity (Wildman–Crippen MR) is 74.9 cm³/mol. The number of nitrogens with one attached hydrogen (secondary N) is 2. The minimum atomic E-state index is -4.36. The molecule has 0 unspecified atom stereocenters. The molecule has 0 fully saturated rings. The van der Waals surface area contributed by atoms with Crippen LogP contribution in [-0.2, 0) is 12.7 Å². The topological polar surface area (TPSA) is 40.7 Å². The SMILES string of the molecule is FC(F)(F)c1ccccc1CNc1nc2ccccc2[nH]1. The third kappa shape index (κ3) is 2.84. The van der Waals surface area contributed by atoms with Gasteiger partial charge in [0.25, 0.3) is 0 Å². The smallest absolute Gasteiger partial charge is 0.352 e. The van der Waals surface area contributed by atoms with Gasteiger partial charge in [-0.25, -0.2) is 4.98 Å². The second-order valence-corrected chi connectivity index (χ2v) is 4.61. The molecule has 1 aromatic heterocycles. The number of halogens is 3. The molecule has 0 saturated heterocycles. The predicted octanol–water partition coefficient (Wildman–Crippen LogP) is 4.19. The summed E-state index contributed by atoms with van der Waals surface area (Å²) in [4.78, 5) is 7.29. The lowest BCUT2D eigenvalue weighted by Gasteiger charge is -2.12. The first kappa shape index (κ1) is 13.5. The molecular formula is C15H12F3N3. The second kappa shape index (κ2) is 5.12. The summed E-state index contributed by atoms with van der Waals surface area (Å²) in [7, 11) is 0. The normalized spacial score (nSPS) is 11.8. The fourth-order valence-corrected chi connectivity index (χ4v) is 2.17. The molecule has 108 valence electrons. The van der Waals surface area contributed by atoms with Gasteiger partial charge in [-0.15, -0.1) is 0 Å². The van der Waals surface area contributed by atoms with Crippen molar-refractivity contribution >= 4 is 17.0 Å². The number of hydrogen-bond donors (Lipinski definition) is 2. The molecule has 2 aromatic carbocycles. The molecule has 0 bridgehead atoms. The van der Waals surface area contributed by atoms with Gasteiger partial charge in [-0.3, -0.25) is 0 Å². The molecule has 0 radical (unpaired) electrons. The fraction of sp³-hybridized carbons (Fsp3) is 0.133. The van der Waals surface area contributed by atoms with Crippen LogP contribution in [0.2, 0.25) is 0 Å². The number of aromatic nitrogens is 2. The van der Waals surface area contributed by atoms with Gasteiger partial charge in [0.15, 0.2) is 0 Å². The average Bonchev–Trinajstić information content (AvgIpc) is 2.87. The van der Waals surface area contributed by atoms with Gasteiger partial charge in [0.1, 0.15) is 0 Å². The van der Waals surface area contributed by atoms with Crippen molar-refractivity contribution in [2.75, 3.05) is 5.32 Å². The third-order valence-electron chi connectivity index (χ3n) is 3.16. The Morgan fingerprint density at radius 3 is 2.48 bits per heavy atom. The number of para-hydroxylation sites is 2. The van der Waals surface area contributed by atoms with Crippen molar-refractivity contribution in [2.45, 2.75) is 12.7 Å². The number of hydrogen-bond acceptors (Lipinski definition) is 2. The van der Waals surface area contributed by atoms with Crippen LogP contribution in [0, 0.1) is 0 Å². The van der Waals surface area contributed by atoms with E-state index in [0.29, 0.717) is 5.95 Å². The summed E-state index contributed by atoms with van der Waals surface area (Å²) in [6.45, 7) is 0.0511. The van der Waals surface area contributed by atoms with E-state index in [2.05, 4.69) is 15.3 Å². The van der Waals surface area contributed by atoms with E-state index >= 15 is 0 Å². The average molecular weight is 291 g/mol. The first-order valence-corrected chi connectivity index (χ1v) is 6.38. The first-order chi connectivity index (χ1) is 10.0. The number of benzene rings is 2. The van der Waals surface area contributed by atoms with Crippen molar-refractivity contribution in [1.29, 1.82) is 0 Å². The quantitative estimate of drug-likeness (QED) is 0.759. The highest BCUT2D eigenvalue weighted by Crippen LogP contribution is 2.32. The highest BCUT2D eigenvalue weighted by Gasteiger charge is 2.32. The number of H-pyrrole nitrogens is 1. The fourth-order valence-electron chi connectivity index (χ4n) is 2.17. The first-order valence-electron chi connectivity index (χ1n) is 6.38. The number of rotatable bonds is 3. The van der Waals surface area contributed by atoms with E-state index in [1.807, 2.05) is 24.3 Å². The maximum Gasteiger partial charge on any atom is 0.416 e. The summed E-state index contributed by atoms with van der Waals surface area (Å²) in [5.74, 6) is 0.452. The van der Waals surface area contributed by atoms with Crippen molar-refractivity contribution in [3.05, 3.63) is 59.7 Å². The van der Waals surface area contributed by atoms with E-state index in [9.17, 15) is 13.2 Å². The standard InChI is InChI=1S/C15H12F3N3/c16-15(17,18)11-6-2-1-5-10(11)9-19-14-20-12-7-3-4-8-13(12)21-14/h1-8H,9H2,(H2,19,20,21). The Balaban J connectivity index is 1.82. The molecule has 6 heteroatoms. The molecule has 3 rings (SSSR count). The molecule has 0 aliphatic heterocycles. The lowest BCUT2D eigenvalue weighted by Crippen LogP contribution is -2.12. The monoisotopic (exact) mass is 291 g/mol. The second-order valence-electron chi connectivity index (χ2n) is 4.61. The Bertz CT molecular complexity index is 729. The molecule has 0 amide bonds. The van der Waals surface area contributed by atoms with E-state index in [1.165, 1.54) is 12.1 Å². The van der Waals surface area contributed by atoms with Gasteiger partial charge in [0.05, 0.1) is 16.6 Å². The number of imidazole rings is 1. The van der Waals surface area contributed by atoms with E-state index in [-0.39, 0.29) is 12.1 Å². The van der Waals surface area contributed by atoms with Crippen LogP contribution in [0.25, 0.3) is 11.0 Å². The van der Waals surface area contributed by atoms with Crippen LogP contribution in [0.4, 0.5) is 19.1 Å². The Labute approximate surface area is 118 Å². The number of fused-ring (bicyclic) bond motifs is 1. The molecule has 1 heterocycles. The van der Waals surface area contributed by atoms with Crippen molar-refractivity contribution in [2.24, 2.45) is 0 Å². The Hall–Kier alpha value is -2.50. The van der Waals surface area contributed by atoms with Gasteiger partial charge in [-0.05, 0) is 23.8 Å². The maximum absolute atomic E-state index is 12.9. The zero-order valence-electron chi connectivity index (χ0n) is 10.9. The number of alkyl halides is 3.